The molecule has 0 radical (unpaired) electrons. The second kappa shape index (κ2) is 9.25. The standard InChI is InChI=1S/C22H24FN3O3S2/c1-5-19(26-31(28,29)18-10-8-17(23)9-11-18)21(27)25-22-24-20(15(4)30-22)16-7-6-13(2)14(3)12-16/h6-12,19,26H,5H2,1-4H3,(H,24,25,27). The van der Waals surface area contributed by atoms with Gasteiger partial charge in [0.05, 0.1) is 10.6 Å². The number of nitrogens with zero attached hydrogens (tertiary/aromatic N) is 1. The molecule has 0 fully saturated rings. The van der Waals surface area contributed by atoms with Gasteiger partial charge in [0.25, 0.3) is 0 Å². The molecule has 0 spiro atoms. The highest BCUT2D eigenvalue weighted by Gasteiger charge is 2.25. The molecule has 0 aliphatic carbocycles. The Morgan fingerprint density at radius 3 is 2.39 bits per heavy atom. The summed E-state index contributed by atoms with van der Waals surface area (Å²) in [7, 11) is -3.97. The summed E-state index contributed by atoms with van der Waals surface area (Å²) in [5, 5.41) is 3.11. The number of hydrogen-bond acceptors (Lipinski definition) is 5. The summed E-state index contributed by atoms with van der Waals surface area (Å²) in [6.07, 6.45) is 0.237. The van der Waals surface area contributed by atoms with Crippen LogP contribution in [0.4, 0.5) is 9.52 Å². The zero-order chi connectivity index (χ0) is 22.8. The predicted octanol–water partition coefficient (Wildman–Crippen LogP) is 4.57. The van der Waals surface area contributed by atoms with Crippen LogP contribution in [0.25, 0.3) is 11.3 Å². The average Bonchev–Trinajstić information content (AvgIpc) is 3.08. The van der Waals surface area contributed by atoms with Crippen LogP contribution in [-0.4, -0.2) is 25.4 Å². The Balaban J connectivity index is 1.76. The lowest BCUT2D eigenvalue weighted by atomic mass is 10.0. The molecule has 2 aromatic carbocycles. The largest absolute Gasteiger partial charge is 0.301 e. The minimum Gasteiger partial charge on any atom is -0.301 e. The molecule has 0 saturated heterocycles. The van der Waals surface area contributed by atoms with E-state index in [4.69, 9.17) is 0 Å². The van der Waals surface area contributed by atoms with Gasteiger partial charge in [-0.25, -0.2) is 17.8 Å². The number of anilines is 1. The number of carbonyl (C=O) groups excluding carboxylic acids is 1. The van der Waals surface area contributed by atoms with Crippen LogP contribution in [-0.2, 0) is 14.8 Å². The first-order valence-electron chi connectivity index (χ1n) is 9.74. The maximum absolute atomic E-state index is 13.1. The summed E-state index contributed by atoms with van der Waals surface area (Å²) >= 11 is 1.33. The maximum atomic E-state index is 13.1. The highest BCUT2D eigenvalue weighted by atomic mass is 32.2. The zero-order valence-corrected chi connectivity index (χ0v) is 19.3. The van der Waals surface area contributed by atoms with Crippen molar-refractivity contribution in [3.05, 3.63) is 64.3 Å². The van der Waals surface area contributed by atoms with Crippen molar-refractivity contribution in [1.29, 1.82) is 0 Å². The van der Waals surface area contributed by atoms with Crippen LogP contribution in [0.3, 0.4) is 0 Å². The highest BCUT2D eigenvalue weighted by Crippen LogP contribution is 2.31. The molecule has 164 valence electrons. The van der Waals surface area contributed by atoms with Gasteiger partial charge in [0, 0.05) is 10.4 Å². The van der Waals surface area contributed by atoms with Crippen molar-refractivity contribution >= 4 is 32.4 Å². The van der Waals surface area contributed by atoms with Gasteiger partial charge in [0.1, 0.15) is 11.9 Å². The van der Waals surface area contributed by atoms with Crippen LogP contribution >= 0.6 is 11.3 Å². The van der Waals surface area contributed by atoms with Crippen molar-refractivity contribution in [2.75, 3.05) is 5.32 Å². The van der Waals surface area contributed by atoms with Crippen LogP contribution in [0.5, 0.6) is 0 Å². The summed E-state index contributed by atoms with van der Waals surface area (Å²) in [5.41, 5.74) is 4.07. The monoisotopic (exact) mass is 461 g/mol. The number of hydrogen-bond donors (Lipinski definition) is 2. The number of halogens is 1. The number of benzene rings is 2. The lowest BCUT2D eigenvalue weighted by Gasteiger charge is -2.16. The number of nitrogens with one attached hydrogen (secondary N) is 2. The van der Waals surface area contributed by atoms with E-state index in [1.165, 1.54) is 16.9 Å². The van der Waals surface area contributed by atoms with E-state index in [0.717, 1.165) is 46.0 Å². The van der Waals surface area contributed by atoms with Gasteiger partial charge in [-0.05, 0) is 68.7 Å². The first-order chi connectivity index (χ1) is 14.6. The molecule has 0 aliphatic rings. The molecule has 1 aromatic heterocycles. The molecule has 31 heavy (non-hydrogen) atoms. The number of aryl methyl sites for hydroxylation is 3. The molecular formula is C22H24FN3O3S2. The van der Waals surface area contributed by atoms with Crippen LogP contribution in [0.1, 0.15) is 29.3 Å². The quantitative estimate of drug-likeness (QED) is 0.540. The average molecular weight is 462 g/mol. The fourth-order valence-corrected chi connectivity index (χ4v) is 5.11. The van der Waals surface area contributed by atoms with Gasteiger partial charge in [-0.15, -0.1) is 11.3 Å². The third-order valence-electron chi connectivity index (χ3n) is 4.95. The summed E-state index contributed by atoms with van der Waals surface area (Å²) in [5.74, 6) is -1.05. The SMILES string of the molecule is CCC(NS(=O)(=O)c1ccc(F)cc1)C(=O)Nc1nc(-c2ccc(C)c(C)c2)c(C)s1. The second-order valence-corrected chi connectivity index (χ2v) is 10.2. The van der Waals surface area contributed by atoms with Crippen molar-refractivity contribution in [2.45, 2.75) is 45.1 Å². The molecule has 3 rings (SSSR count). The lowest BCUT2D eigenvalue weighted by Crippen LogP contribution is -2.43. The number of sulfonamides is 1. The molecule has 9 heteroatoms. The number of carbonyl (C=O) groups is 1. The Morgan fingerprint density at radius 2 is 1.77 bits per heavy atom. The van der Waals surface area contributed by atoms with Gasteiger partial charge < -0.3 is 5.32 Å². The molecule has 1 heterocycles. The first kappa shape index (κ1) is 23.1. The molecule has 0 bridgehead atoms. The van der Waals surface area contributed by atoms with Crippen molar-refractivity contribution in [3.8, 4) is 11.3 Å². The number of rotatable bonds is 7. The lowest BCUT2D eigenvalue weighted by molar-refractivity contribution is -0.117. The van der Waals surface area contributed by atoms with Crippen molar-refractivity contribution in [1.82, 2.24) is 9.71 Å². The van der Waals surface area contributed by atoms with Crippen LogP contribution in [0, 0.1) is 26.6 Å². The van der Waals surface area contributed by atoms with Crippen molar-refractivity contribution < 1.29 is 17.6 Å². The zero-order valence-electron chi connectivity index (χ0n) is 17.7. The van der Waals surface area contributed by atoms with Gasteiger partial charge in [-0.2, -0.15) is 4.72 Å². The van der Waals surface area contributed by atoms with Crippen LogP contribution < -0.4 is 10.0 Å². The Hall–Kier alpha value is -2.62. The third-order valence-corrected chi connectivity index (χ3v) is 7.33. The van der Waals surface area contributed by atoms with E-state index >= 15 is 0 Å². The Morgan fingerprint density at radius 1 is 1.10 bits per heavy atom. The summed E-state index contributed by atoms with van der Waals surface area (Å²) in [4.78, 5) is 18.1. The smallest absolute Gasteiger partial charge is 0.244 e. The van der Waals surface area contributed by atoms with Gasteiger partial charge in [-0.3, -0.25) is 4.79 Å². The fraction of sp³-hybridized carbons (Fsp3) is 0.273. The van der Waals surface area contributed by atoms with Gasteiger partial charge >= 0.3 is 0 Å². The normalized spacial score (nSPS) is 12.5. The third kappa shape index (κ3) is 5.36. The summed E-state index contributed by atoms with van der Waals surface area (Å²) < 4.78 is 40.6. The molecule has 1 unspecified atom stereocenters. The Bertz CT molecular complexity index is 1210. The molecule has 1 amide bonds. The fourth-order valence-electron chi connectivity index (χ4n) is 2.99. The molecule has 1 atom stereocenters. The molecule has 0 saturated carbocycles. The maximum Gasteiger partial charge on any atom is 0.244 e. The van der Waals surface area contributed by atoms with E-state index in [0.29, 0.717) is 5.13 Å². The predicted molar refractivity (Wildman–Crippen MR) is 121 cm³/mol. The Labute approximate surface area is 185 Å². The van der Waals surface area contributed by atoms with E-state index in [1.807, 2.05) is 32.9 Å². The van der Waals surface area contributed by atoms with Crippen LogP contribution in [0.2, 0.25) is 0 Å². The minimum absolute atomic E-state index is 0.109. The molecule has 2 N–H and O–H groups in total. The van der Waals surface area contributed by atoms with E-state index < -0.39 is 27.8 Å². The summed E-state index contributed by atoms with van der Waals surface area (Å²) in [6, 6.07) is 9.49. The molecule has 3 aromatic rings. The van der Waals surface area contributed by atoms with Crippen LogP contribution in [0.15, 0.2) is 47.4 Å². The topological polar surface area (TPSA) is 88.2 Å². The van der Waals surface area contributed by atoms with E-state index in [2.05, 4.69) is 21.1 Å². The number of amides is 1. The first-order valence-corrected chi connectivity index (χ1v) is 12.0. The molecular weight excluding hydrogens is 437 g/mol. The number of thiazole rings is 1. The molecule has 6 nitrogen and oxygen atoms in total. The van der Waals surface area contributed by atoms with Gasteiger partial charge in [-0.1, -0.05) is 19.1 Å². The van der Waals surface area contributed by atoms with Crippen molar-refractivity contribution in [3.63, 3.8) is 0 Å². The van der Waals surface area contributed by atoms with E-state index in [9.17, 15) is 17.6 Å². The van der Waals surface area contributed by atoms with Gasteiger partial charge in [0.15, 0.2) is 5.13 Å². The Kier molecular flexibility index (Phi) is 6.88. The van der Waals surface area contributed by atoms with Gasteiger partial charge in [0.2, 0.25) is 15.9 Å². The minimum atomic E-state index is -3.97. The van der Waals surface area contributed by atoms with Crippen molar-refractivity contribution in [2.24, 2.45) is 0 Å². The van der Waals surface area contributed by atoms with E-state index in [1.54, 1.807) is 6.92 Å². The van der Waals surface area contributed by atoms with E-state index in [-0.39, 0.29) is 11.3 Å². The number of aromatic nitrogens is 1. The highest BCUT2D eigenvalue weighted by molar-refractivity contribution is 7.89. The summed E-state index contributed by atoms with van der Waals surface area (Å²) in [6.45, 7) is 7.69. The molecule has 0 aliphatic heterocycles. The second-order valence-electron chi connectivity index (χ2n) is 7.25.